The molecule has 0 saturated heterocycles. The maximum Gasteiger partial charge on any atom is 0.387 e. The standard InChI is InChI=1S/C18H25F2N3O2/c1-21-18(22-10-7-14-8-11-24-12-9-14)23(2)13-15-3-5-16(6-4-15)25-17(19)20/h3-6,8,17H,7,9-13H2,1-2H3,(H,21,22). The number of alkyl halides is 2. The molecule has 7 heteroatoms. The number of halogens is 2. The molecule has 0 aromatic heterocycles. The fourth-order valence-electron chi connectivity index (χ4n) is 2.64. The van der Waals surface area contributed by atoms with Gasteiger partial charge >= 0.3 is 6.61 Å². The Hall–Kier alpha value is -2.15. The van der Waals surface area contributed by atoms with Crippen LogP contribution >= 0.6 is 0 Å². The summed E-state index contributed by atoms with van der Waals surface area (Å²) in [7, 11) is 3.68. The summed E-state index contributed by atoms with van der Waals surface area (Å²) in [4.78, 5) is 6.27. The Morgan fingerprint density at radius 2 is 2.12 bits per heavy atom. The van der Waals surface area contributed by atoms with E-state index in [9.17, 15) is 8.78 Å². The number of ether oxygens (including phenoxy) is 2. The van der Waals surface area contributed by atoms with Gasteiger partial charge in [-0.3, -0.25) is 4.99 Å². The number of hydrogen-bond donors (Lipinski definition) is 1. The largest absolute Gasteiger partial charge is 0.435 e. The second-order valence-electron chi connectivity index (χ2n) is 5.79. The number of hydrogen-bond acceptors (Lipinski definition) is 3. The van der Waals surface area contributed by atoms with E-state index < -0.39 is 6.61 Å². The monoisotopic (exact) mass is 353 g/mol. The fourth-order valence-corrected chi connectivity index (χ4v) is 2.64. The molecule has 1 heterocycles. The van der Waals surface area contributed by atoms with E-state index in [1.165, 1.54) is 5.57 Å². The Labute approximate surface area is 147 Å². The molecule has 0 unspecified atom stereocenters. The molecule has 1 aromatic rings. The lowest BCUT2D eigenvalue weighted by Gasteiger charge is -2.23. The van der Waals surface area contributed by atoms with Gasteiger partial charge < -0.3 is 19.7 Å². The number of aliphatic imine (C=N–C) groups is 1. The van der Waals surface area contributed by atoms with Gasteiger partial charge in [0.15, 0.2) is 5.96 Å². The zero-order valence-corrected chi connectivity index (χ0v) is 14.7. The first kappa shape index (κ1) is 19.2. The van der Waals surface area contributed by atoms with Crippen LogP contribution in [0.15, 0.2) is 40.9 Å². The van der Waals surface area contributed by atoms with Crippen LogP contribution in [0.1, 0.15) is 18.4 Å². The van der Waals surface area contributed by atoms with Crippen molar-refractivity contribution < 1.29 is 18.3 Å². The molecule has 0 radical (unpaired) electrons. The van der Waals surface area contributed by atoms with E-state index in [4.69, 9.17) is 4.74 Å². The molecule has 2 rings (SSSR count). The van der Waals surface area contributed by atoms with E-state index >= 15 is 0 Å². The molecule has 25 heavy (non-hydrogen) atoms. The highest BCUT2D eigenvalue weighted by Crippen LogP contribution is 2.16. The second-order valence-corrected chi connectivity index (χ2v) is 5.79. The van der Waals surface area contributed by atoms with Gasteiger partial charge in [-0.05, 0) is 30.5 Å². The first-order valence-corrected chi connectivity index (χ1v) is 8.29. The minimum atomic E-state index is -2.80. The minimum absolute atomic E-state index is 0.161. The second kappa shape index (κ2) is 9.98. The lowest BCUT2D eigenvalue weighted by molar-refractivity contribution is -0.0498. The number of guanidine groups is 1. The van der Waals surface area contributed by atoms with Gasteiger partial charge in [0.2, 0.25) is 0 Å². The molecule has 138 valence electrons. The molecule has 1 aliphatic heterocycles. The average Bonchev–Trinajstić information content (AvgIpc) is 2.61. The SMILES string of the molecule is CN=C(NCCC1=CCOCC1)N(C)Cc1ccc(OC(F)F)cc1. The quantitative estimate of drug-likeness (QED) is 0.465. The van der Waals surface area contributed by atoms with Crippen LogP contribution in [0.5, 0.6) is 5.75 Å². The smallest absolute Gasteiger partial charge is 0.387 e. The third-order valence-electron chi connectivity index (χ3n) is 3.93. The fraction of sp³-hybridized carbons (Fsp3) is 0.500. The van der Waals surface area contributed by atoms with Gasteiger partial charge in [-0.1, -0.05) is 23.8 Å². The minimum Gasteiger partial charge on any atom is -0.435 e. The van der Waals surface area contributed by atoms with Crippen LogP contribution in [0.3, 0.4) is 0 Å². The molecule has 0 bridgehead atoms. The summed E-state index contributed by atoms with van der Waals surface area (Å²) < 4.78 is 34.0. The Morgan fingerprint density at radius 1 is 1.36 bits per heavy atom. The van der Waals surface area contributed by atoms with Crippen LogP contribution in [0.4, 0.5) is 8.78 Å². The molecular weight excluding hydrogens is 328 g/mol. The molecular formula is C18H25F2N3O2. The molecule has 0 atom stereocenters. The van der Waals surface area contributed by atoms with E-state index in [2.05, 4.69) is 21.1 Å². The van der Waals surface area contributed by atoms with Crippen molar-refractivity contribution in [2.75, 3.05) is 33.9 Å². The predicted molar refractivity (Wildman–Crippen MR) is 94.0 cm³/mol. The molecule has 1 aliphatic rings. The lowest BCUT2D eigenvalue weighted by atomic mass is 10.1. The Kier molecular flexibility index (Phi) is 7.66. The molecule has 0 fully saturated rings. The topological polar surface area (TPSA) is 46.1 Å². The summed E-state index contributed by atoms with van der Waals surface area (Å²) >= 11 is 0. The predicted octanol–water partition coefficient (Wildman–Crippen LogP) is 3.03. The summed E-state index contributed by atoms with van der Waals surface area (Å²) in [6.45, 7) is 0.123. The maximum absolute atomic E-state index is 12.2. The maximum atomic E-state index is 12.2. The summed E-state index contributed by atoms with van der Waals surface area (Å²) in [5.41, 5.74) is 2.39. The van der Waals surface area contributed by atoms with Crippen molar-refractivity contribution in [1.29, 1.82) is 0 Å². The molecule has 0 aliphatic carbocycles. The average molecular weight is 353 g/mol. The van der Waals surface area contributed by atoms with E-state index in [0.717, 1.165) is 37.5 Å². The number of nitrogens with one attached hydrogen (secondary N) is 1. The van der Waals surface area contributed by atoms with E-state index in [1.54, 1.807) is 31.3 Å². The van der Waals surface area contributed by atoms with Gasteiger partial charge in [0.1, 0.15) is 5.75 Å². The molecule has 0 saturated carbocycles. The van der Waals surface area contributed by atoms with Crippen molar-refractivity contribution in [3.63, 3.8) is 0 Å². The van der Waals surface area contributed by atoms with Gasteiger partial charge in [-0.2, -0.15) is 8.78 Å². The summed E-state index contributed by atoms with van der Waals surface area (Å²) in [5.74, 6) is 0.953. The van der Waals surface area contributed by atoms with Crippen LogP contribution in [0.25, 0.3) is 0 Å². The van der Waals surface area contributed by atoms with Crippen LogP contribution in [0.2, 0.25) is 0 Å². The molecule has 0 spiro atoms. The van der Waals surface area contributed by atoms with Gasteiger partial charge in [0.05, 0.1) is 13.2 Å². The van der Waals surface area contributed by atoms with Gasteiger partial charge in [0.25, 0.3) is 0 Å². The lowest BCUT2D eigenvalue weighted by Crippen LogP contribution is -2.39. The molecule has 5 nitrogen and oxygen atoms in total. The highest BCUT2D eigenvalue weighted by molar-refractivity contribution is 5.79. The van der Waals surface area contributed by atoms with Gasteiger partial charge in [0, 0.05) is 27.2 Å². The number of benzene rings is 1. The first-order chi connectivity index (χ1) is 12.1. The third kappa shape index (κ3) is 6.70. The van der Waals surface area contributed by atoms with E-state index in [0.29, 0.717) is 13.2 Å². The van der Waals surface area contributed by atoms with Crippen molar-refractivity contribution in [3.8, 4) is 5.75 Å². The van der Waals surface area contributed by atoms with Crippen LogP contribution in [-0.2, 0) is 11.3 Å². The molecule has 1 aromatic carbocycles. The Morgan fingerprint density at radius 3 is 2.72 bits per heavy atom. The third-order valence-corrected chi connectivity index (χ3v) is 3.93. The van der Waals surface area contributed by atoms with Gasteiger partial charge in [-0.15, -0.1) is 0 Å². The summed E-state index contributed by atoms with van der Waals surface area (Å²) in [5, 5.41) is 3.34. The normalized spacial score (nSPS) is 15.1. The van der Waals surface area contributed by atoms with Crippen LogP contribution in [0, 0.1) is 0 Å². The van der Waals surface area contributed by atoms with Crippen molar-refractivity contribution in [2.24, 2.45) is 4.99 Å². The Bertz CT molecular complexity index is 588. The van der Waals surface area contributed by atoms with Crippen molar-refractivity contribution in [2.45, 2.75) is 26.0 Å². The number of nitrogens with zero attached hydrogens (tertiary/aromatic N) is 2. The summed E-state index contributed by atoms with van der Waals surface area (Å²) in [6, 6.07) is 6.63. The van der Waals surface area contributed by atoms with Crippen molar-refractivity contribution in [1.82, 2.24) is 10.2 Å². The molecule has 1 N–H and O–H groups in total. The molecule has 0 amide bonds. The Balaban J connectivity index is 1.80. The first-order valence-electron chi connectivity index (χ1n) is 8.29. The summed E-state index contributed by atoms with van der Waals surface area (Å²) in [6.07, 6.45) is 4.10. The van der Waals surface area contributed by atoms with Crippen molar-refractivity contribution in [3.05, 3.63) is 41.5 Å². The zero-order valence-electron chi connectivity index (χ0n) is 14.7. The van der Waals surface area contributed by atoms with Crippen LogP contribution < -0.4 is 10.1 Å². The van der Waals surface area contributed by atoms with Crippen LogP contribution in [-0.4, -0.2) is 51.3 Å². The zero-order chi connectivity index (χ0) is 18.1. The highest BCUT2D eigenvalue weighted by atomic mass is 19.3. The van der Waals surface area contributed by atoms with E-state index in [-0.39, 0.29) is 5.75 Å². The number of rotatable bonds is 7. The van der Waals surface area contributed by atoms with Crippen molar-refractivity contribution >= 4 is 5.96 Å². The van der Waals surface area contributed by atoms with E-state index in [1.807, 2.05) is 11.9 Å². The highest BCUT2D eigenvalue weighted by Gasteiger charge is 2.09. The van der Waals surface area contributed by atoms with Gasteiger partial charge in [-0.25, -0.2) is 0 Å².